The maximum Gasteiger partial charge on any atom is 0.267 e. The molecule has 2 aromatic rings. The third kappa shape index (κ3) is 3.82. The first-order valence-corrected chi connectivity index (χ1v) is 9.88. The largest absolute Gasteiger partial charge is 0.340 e. The molecule has 9 heteroatoms. The van der Waals surface area contributed by atoms with Crippen LogP contribution < -0.4 is 5.56 Å². The van der Waals surface area contributed by atoms with Gasteiger partial charge in [0.15, 0.2) is 9.84 Å². The predicted octanol–water partition coefficient (Wildman–Crippen LogP) is 0.695. The molecule has 0 aliphatic carbocycles. The van der Waals surface area contributed by atoms with E-state index in [9.17, 15) is 22.4 Å². The summed E-state index contributed by atoms with van der Waals surface area (Å²) in [5, 5.41) is 4.08. The van der Waals surface area contributed by atoms with E-state index in [4.69, 9.17) is 0 Å². The molecule has 1 aromatic heterocycles. The molecule has 1 atom stereocenters. The fraction of sp³-hybridized carbons (Fsp3) is 0.353. The Kier molecular flexibility index (Phi) is 4.90. The van der Waals surface area contributed by atoms with Crippen LogP contribution in [0.25, 0.3) is 11.3 Å². The molecule has 1 saturated heterocycles. The van der Waals surface area contributed by atoms with Crippen LogP contribution >= 0.6 is 0 Å². The van der Waals surface area contributed by atoms with Gasteiger partial charge in [-0.05, 0) is 24.6 Å². The molecule has 0 spiro atoms. The number of carbonyl (C=O) groups excluding carboxylic acids is 1. The fourth-order valence-electron chi connectivity index (χ4n) is 2.90. The molecule has 1 fully saturated rings. The quantitative estimate of drug-likeness (QED) is 0.780. The summed E-state index contributed by atoms with van der Waals surface area (Å²) in [4.78, 5) is 25.8. The van der Waals surface area contributed by atoms with Crippen LogP contribution in [0.2, 0.25) is 0 Å². The molecule has 0 radical (unpaired) electrons. The average Bonchev–Trinajstić information content (AvgIpc) is 2.96. The van der Waals surface area contributed by atoms with Crippen LogP contribution in [0.3, 0.4) is 0 Å². The third-order valence-corrected chi connectivity index (χ3v) is 6.20. The molecule has 1 aliphatic rings. The van der Waals surface area contributed by atoms with Gasteiger partial charge in [0.2, 0.25) is 5.91 Å². The summed E-state index contributed by atoms with van der Waals surface area (Å²) in [5.74, 6) is -0.930. The van der Waals surface area contributed by atoms with Crippen LogP contribution in [-0.2, 0) is 21.2 Å². The molecule has 0 saturated carbocycles. The Morgan fingerprint density at radius 2 is 2.04 bits per heavy atom. The van der Waals surface area contributed by atoms with Gasteiger partial charge in [-0.1, -0.05) is 12.1 Å². The number of hydrogen-bond donors (Lipinski definition) is 0. The fourth-order valence-corrected chi connectivity index (χ4v) is 4.67. The summed E-state index contributed by atoms with van der Waals surface area (Å²) in [5.41, 5.74) is -0.0311. The van der Waals surface area contributed by atoms with E-state index in [0.717, 1.165) is 4.68 Å². The van der Waals surface area contributed by atoms with Crippen LogP contribution in [0, 0.1) is 5.82 Å². The highest BCUT2D eigenvalue weighted by molar-refractivity contribution is 7.91. The van der Waals surface area contributed by atoms with Gasteiger partial charge in [-0.15, -0.1) is 0 Å². The van der Waals surface area contributed by atoms with Gasteiger partial charge in [0.05, 0.1) is 17.2 Å². The highest BCUT2D eigenvalue weighted by Gasteiger charge is 2.32. The molecule has 0 bridgehead atoms. The number of hydrogen-bond acceptors (Lipinski definition) is 5. The second-order valence-corrected chi connectivity index (χ2v) is 8.48. The van der Waals surface area contributed by atoms with E-state index in [1.807, 2.05) is 0 Å². The van der Waals surface area contributed by atoms with Gasteiger partial charge in [0.25, 0.3) is 5.56 Å². The Balaban J connectivity index is 1.81. The van der Waals surface area contributed by atoms with Crippen molar-refractivity contribution < 1.29 is 17.6 Å². The zero-order chi connectivity index (χ0) is 18.9. The number of sulfone groups is 1. The Morgan fingerprint density at radius 1 is 1.31 bits per heavy atom. The molecule has 1 aromatic carbocycles. The predicted molar refractivity (Wildman–Crippen MR) is 93.7 cm³/mol. The first-order valence-electron chi connectivity index (χ1n) is 8.06. The lowest BCUT2D eigenvalue weighted by atomic mass is 10.1. The smallest absolute Gasteiger partial charge is 0.267 e. The zero-order valence-corrected chi connectivity index (χ0v) is 14.9. The minimum atomic E-state index is -3.12. The van der Waals surface area contributed by atoms with Crippen molar-refractivity contribution in [3.05, 3.63) is 52.6 Å². The third-order valence-electron chi connectivity index (χ3n) is 4.45. The van der Waals surface area contributed by atoms with Gasteiger partial charge < -0.3 is 4.90 Å². The molecule has 3 rings (SSSR count). The summed E-state index contributed by atoms with van der Waals surface area (Å²) in [6.45, 7) is -0.339. The van der Waals surface area contributed by atoms with Crippen LogP contribution in [0.15, 0.2) is 41.2 Å². The Hall–Kier alpha value is -2.55. The summed E-state index contributed by atoms with van der Waals surface area (Å²) < 4.78 is 38.0. The van der Waals surface area contributed by atoms with Crippen molar-refractivity contribution in [2.45, 2.75) is 19.0 Å². The van der Waals surface area contributed by atoms with E-state index in [1.54, 1.807) is 12.1 Å². The maximum atomic E-state index is 13.9. The van der Waals surface area contributed by atoms with Crippen LogP contribution in [0.1, 0.15) is 6.42 Å². The Labute approximate surface area is 150 Å². The standard InChI is InChI=1S/C17H18FN3O4S/c1-20(12-8-9-26(24,25)11-12)17(23)10-21-16(22)7-6-15(19-21)13-4-2-3-5-14(13)18/h2-7,12H,8-11H2,1H3/t12-/m1/s1. The number of aromatic nitrogens is 2. The van der Waals surface area contributed by atoms with E-state index >= 15 is 0 Å². The molecular formula is C17H18FN3O4S. The second-order valence-electron chi connectivity index (χ2n) is 6.26. The van der Waals surface area contributed by atoms with E-state index in [-0.39, 0.29) is 29.3 Å². The molecule has 0 N–H and O–H groups in total. The van der Waals surface area contributed by atoms with E-state index in [2.05, 4.69) is 5.10 Å². The van der Waals surface area contributed by atoms with Gasteiger partial charge >= 0.3 is 0 Å². The summed E-state index contributed by atoms with van der Waals surface area (Å²) in [6.07, 6.45) is 0.377. The van der Waals surface area contributed by atoms with Gasteiger partial charge in [-0.3, -0.25) is 9.59 Å². The lowest BCUT2D eigenvalue weighted by Crippen LogP contribution is -2.41. The number of halogens is 1. The maximum absolute atomic E-state index is 13.9. The van der Waals surface area contributed by atoms with Gasteiger partial charge in [-0.25, -0.2) is 17.5 Å². The molecule has 2 heterocycles. The van der Waals surface area contributed by atoms with Crippen molar-refractivity contribution in [3.8, 4) is 11.3 Å². The Bertz CT molecular complexity index is 1000. The topological polar surface area (TPSA) is 89.3 Å². The highest BCUT2D eigenvalue weighted by atomic mass is 32.2. The normalized spacial score (nSPS) is 18.6. The van der Waals surface area contributed by atoms with Crippen molar-refractivity contribution in [3.63, 3.8) is 0 Å². The van der Waals surface area contributed by atoms with Gasteiger partial charge in [0, 0.05) is 24.7 Å². The van der Waals surface area contributed by atoms with Crippen molar-refractivity contribution in [2.24, 2.45) is 0 Å². The molecule has 1 amide bonds. The second kappa shape index (κ2) is 6.99. The van der Waals surface area contributed by atoms with Gasteiger partial charge in [-0.2, -0.15) is 5.10 Å². The first-order chi connectivity index (χ1) is 12.3. The van der Waals surface area contributed by atoms with Crippen molar-refractivity contribution in [2.75, 3.05) is 18.6 Å². The molecule has 7 nitrogen and oxygen atoms in total. The molecule has 26 heavy (non-hydrogen) atoms. The summed E-state index contributed by atoms with van der Waals surface area (Å²) in [7, 11) is -1.61. The molecule has 138 valence electrons. The van der Waals surface area contributed by atoms with Gasteiger partial charge in [0.1, 0.15) is 12.4 Å². The van der Waals surface area contributed by atoms with Crippen molar-refractivity contribution >= 4 is 15.7 Å². The summed E-state index contributed by atoms with van der Waals surface area (Å²) >= 11 is 0. The van der Waals surface area contributed by atoms with Crippen molar-refractivity contribution in [1.29, 1.82) is 0 Å². The number of rotatable bonds is 4. The first kappa shape index (κ1) is 18.2. The van der Waals surface area contributed by atoms with E-state index in [0.29, 0.717) is 6.42 Å². The molecule has 0 unspecified atom stereocenters. The SMILES string of the molecule is CN(C(=O)Cn1nc(-c2ccccc2F)ccc1=O)[C@@H]1CCS(=O)(=O)C1. The monoisotopic (exact) mass is 379 g/mol. The minimum Gasteiger partial charge on any atom is -0.340 e. The Morgan fingerprint density at radius 3 is 2.69 bits per heavy atom. The minimum absolute atomic E-state index is 0.0518. The number of benzene rings is 1. The average molecular weight is 379 g/mol. The number of amides is 1. The van der Waals surface area contributed by atoms with Crippen LogP contribution in [0.4, 0.5) is 4.39 Å². The highest BCUT2D eigenvalue weighted by Crippen LogP contribution is 2.19. The van der Waals surface area contributed by atoms with Crippen molar-refractivity contribution in [1.82, 2.24) is 14.7 Å². The van der Waals surface area contributed by atoms with E-state index in [1.165, 1.54) is 36.2 Å². The number of likely N-dealkylation sites (N-methyl/N-ethyl adjacent to an activating group) is 1. The molecule has 1 aliphatic heterocycles. The lowest BCUT2D eigenvalue weighted by Gasteiger charge is -2.23. The zero-order valence-electron chi connectivity index (χ0n) is 14.1. The van der Waals surface area contributed by atoms with Crippen LogP contribution in [-0.4, -0.2) is 53.6 Å². The summed E-state index contributed by atoms with van der Waals surface area (Å²) in [6, 6.07) is 8.23. The molecular weight excluding hydrogens is 361 g/mol. The number of nitrogens with zero attached hydrogens (tertiary/aromatic N) is 3. The van der Waals surface area contributed by atoms with Crippen LogP contribution in [0.5, 0.6) is 0 Å². The lowest BCUT2D eigenvalue weighted by molar-refractivity contribution is -0.132. The van der Waals surface area contributed by atoms with E-state index < -0.39 is 33.2 Å². The number of carbonyl (C=O) groups is 1.